The summed E-state index contributed by atoms with van der Waals surface area (Å²) in [5.74, 6) is 0.464. The molecule has 1 aromatic carbocycles. The Kier molecular flexibility index (Phi) is 5.43. The van der Waals surface area contributed by atoms with Gasteiger partial charge in [-0.25, -0.2) is 4.98 Å². The van der Waals surface area contributed by atoms with E-state index in [1.165, 1.54) is 6.07 Å². The maximum Gasteiger partial charge on any atom is 0.245 e. The number of ether oxygens (including phenoxy) is 1. The minimum atomic E-state index is -0.232. The number of pyridine rings is 2. The van der Waals surface area contributed by atoms with E-state index in [1.807, 2.05) is 30.3 Å². The van der Waals surface area contributed by atoms with Crippen molar-refractivity contribution in [1.82, 2.24) is 9.55 Å². The molecule has 0 saturated carbocycles. The highest BCUT2D eigenvalue weighted by atomic mass is 16.5. The summed E-state index contributed by atoms with van der Waals surface area (Å²) in [6, 6.07) is 16.3. The van der Waals surface area contributed by atoms with E-state index in [0.717, 1.165) is 5.56 Å². The van der Waals surface area contributed by atoms with Gasteiger partial charge in [0.25, 0.3) is 0 Å². The molecular weight excluding hydrogens is 330 g/mol. The molecule has 0 atom stereocenters. The minimum absolute atomic E-state index is 0.0599. The van der Waals surface area contributed by atoms with Crippen LogP contribution in [0.4, 0.5) is 5.82 Å². The molecule has 0 aliphatic carbocycles. The van der Waals surface area contributed by atoms with Crippen molar-refractivity contribution in [1.29, 1.82) is 0 Å². The van der Waals surface area contributed by atoms with Crippen molar-refractivity contribution < 1.29 is 9.53 Å². The number of hydrogen-bond acceptors (Lipinski definition) is 4. The van der Waals surface area contributed by atoms with E-state index in [1.54, 1.807) is 42.1 Å². The zero-order valence-electron chi connectivity index (χ0n) is 14.4. The summed E-state index contributed by atoms with van der Waals surface area (Å²) in [5, 5.41) is 2.72. The smallest absolute Gasteiger partial charge is 0.245 e. The average Bonchev–Trinajstić information content (AvgIpc) is 2.64. The molecule has 0 unspecified atom stereocenters. The molecule has 3 rings (SSSR count). The normalized spacial score (nSPS) is 10.3. The quantitative estimate of drug-likeness (QED) is 0.743. The van der Waals surface area contributed by atoms with Crippen LogP contribution < -0.4 is 15.5 Å². The maximum absolute atomic E-state index is 12.2. The van der Waals surface area contributed by atoms with Crippen molar-refractivity contribution in [3.8, 4) is 5.75 Å². The third kappa shape index (κ3) is 4.57. The Morgan fingerprint density at radius 1 is 1.15 bits per heavy atom. The third-order valence-electron chi connectivity index (χ3n) is 3.79. The Balaban J connectivity index is 1.71. The summed E-state index contributed by atoms with van der Waals surface area (Å²) in [4.78, 5) is 28.4. The van der Waals surface area contributed by atoms with E-state index >= 15 is 0 Å². The van der Waals surface area contributed by atoms with Crippen molar-refractivity contribution >= 4 is 11.7 Å². The topological polar surface area (TPSA) is 73.2 Å². The molecule has 2 heterocycles. The Hall–Kier alpha value is -3.41. The summed E-state index contributed by atoms with van der Waals surface area (Å²) < 4.78 is 7.32. The number of aromatic nitrogens is 2. The lowest BCUT2D eigenvalue weighted by Crippen LogP contribution is -2.22. The molecule has 1 amide bonds. The molecule has 3 aromatic rings. The van der Waals surface area contributed by atoms with Gasteiger partial charge in [0, 0.05) is 18.0 Å². The van der Waals surface area contributed by atoms with Gasteiger partial charge in [-0.05, 0) is 24.6 Å². The fourth-order valence-corrected chi connectivity index (χ4v) is 2.44. The van der Waals surface area contributed by atoms with Gasteiger partial charge >= 0.3 is 0 Å². The number of hydrogen-bond donors (Lipinski definition) is 1. The van der Waals surface area contributed by atoms with Gasteiger partial charge in [0.2, 0.25) is 11.3 Å². The van der Waals surface area contributed by atoms with Crippen molar-refractivity contribution in [2.45, 2.75) is 20.1 Å². The number of anilines is 1. The predicted molar refractivity (Wildman–Crippen MR) is 99.1 cm³/mol. The van der Waals surface area contributed by atoms with Crippen molar-refractivity contribution in [3.05, 3.63) is 88.5 Å². The van der Waals surface area contributed by atoms with Crippen LogP contribution >= 0.6 is 0 Å². The molecule has 1 N–H and O–H groups in total. The Bertz CT molecular complexity index is 938. The van der Waals surface area contributed by atoms with Crippen LogP contribution in [0.25, 0.3) is 0 Å². The van der Waals surface area contributed by atoms with Gasteiger partial charge in [0.15, 0.2) is 5.75 Å². The molecule has 0 radical (unpaired) electrons. The van der Waals surface area contributed by atoms with E-state index in [0.29, 0.717) is 18.1 Å². The third-order valence-corrected chi connectivity index (χ3v) is 3.79. The maximum atomic E-state index is 12.2. The fraction of sp³-hybridized carbons (Fsp3) is 0.150. The van der Waals surface area contributed by atoms with Crippen LogP contribution in [0.5, 0.6) is 5.75 Å². The van der Waals surface area contributed by atoms with Gasteiger partial charge in [0.05, 0.1) is 6.20 Å². The number of nitrogens with zero attached hydrogens (tertiary/aromatic N) is 2. The standard InChI is InChI=1S/C20H19N3O3/c1-15-11-17(24)18(26-14-16-7-3-2-4-8-16)12-23(15)13-20(25)22-19-9-5-6-10-21-19/h2-12H,13-14H2,1H3,(H,21,22,25). The van der Waals surface area contributed by atoms with Crippen LogP contribution in [0.3, 0.4) is 0 Å². The minimum Gasteiger partial charge on any atom is -0.483 e. The van der Waals surface area contributed by atoms with Gasteiger partial charge in [-0.1, -0.05) is 36.4 Å². The highest BCUT2D eigenvalue weighted by Crippen LogP contribution is 2.10. The molecule has 0 saturated heterocycles. The second-order valence-corrected chi connectivity index (χ2v) is 5.81. The first kappa shape index (κ1) is 17.4. The lowest BCUT2D eigenvalue weighted by atomic mass is 10.2. The zero-order chi connectivity index (χ0) is 18.4. The number of rotatable bonds is 6. The summed E-state index contributed by atoms with van der Waals surface area (Å²) in [7, 11) is 0. The molecule has 2 aromatic heterocycles. The summed E-state index contributed by atoms with van der Waals surface area (Å²) in [5.41, 5.74) is 1.44. The summed E-state index contributed by atoms with van der Waals surface area (Å²) in [6.45, 7) is 2.13. The van der Waals surface area contributed by atoms with Gasteiger partial charge in [-0.15, -0.1) is 0 Å². The van der Waals surface area contributed by atoms with Gasteiger partial charge in [0.1, 0.15) is 19.0 Å². The Labute approximate surface area is 151 Å². The van der Waals surface area contributed by atoms with E-state index in [4.69, 9.17) is 4.74 Å². The van der Waals surface area contributed by atoms with Crippen LogP contribution in [0.2, 0.25) is 0 Å². The monoisotopic (exact) mass is 349 g/mol. The van der Waals surface area contributed by atoms with Gasteiger partial charge in [-0.3, -0.25) is 9.59 Å². The fourth-order valence-electron chi connectivity index (χ4n) is 2.44. The number of nitrogens with one attached hydrogen (secondary N) is 1. The van der Waals surface area contributed by atoms with Crippen LogP contribution in [0.1, 0.15) is 11.3 Å². The molecule has 0 spiro atoms. The lowest BCUT2D eigenvalue weighted by Gasteiger charge is -2.13. The number of carbonyl (C=O) groups is 1. The van der Waals surface area contributed by atoms with E-state index in [9.17, 15) is 9.59 Å². The van der Waals surface area contributed by atoms with Crippen LogP contribution in [-0.2, 0) is 17.9 Å². The molecule has 0 aliphatic rings. The molecule has 6 heteroatoms. The van der Waals surface area contributed by atoms with Crippen molar-refractivity contribution in [2.75, 3.05) is 5.32 Å². The number of amides is 1. The number of aryl methyl sites for hydroxylation is 1. The molecule has 26 heavy (non-hydrogen) atoms. The van der Waals surface area contributed by atoms with E-state index in [-0.39, 0.29) is 23.6 Å². The van der Waals surface area contributed by atoms with Crippen LogP contribution in [0, 0.1) is 6.92 Å². The highest BCUT2D eigenvalue weighted by Gasteiger charge is 2.09. The Morgan fingerprint density at radius 2 is 1.92 bits per heavy atom. The molecule has 0 aliphatic heterocycles. The summed E-state index contributed by atoms with van der Waals surface area (Å²) in [6.07, 6.45) is 3.17. The first-order valence-electron chi connectivity index (χ1n) is 8.20. The first-order chi connectivity index (χ1) is 12.6. The molecule has 6 nitrogen and oxygen atoms in total. The van der Waals surface area contributed by atoms with Gasteiger partial charge < -0.3 is 14.6 Å². The van der Waals surface area contributed by atoms with Crippen LogP contribution in [-0.4, -0.2) is 15.5 Å². The molecular formula is C20H19N3O3. The molecule has 132 valence electrons. The van der Waals surface area contributed by atoms with Gasteiger partial charge in [-0.2, -0.15) is 0 Å². The molecule has 0 bridgehead atoms. The summed E-state index contributed by atoms with van der Waals surface area (Å²) >= 11 is 0. The largest absolute Gasteiger partial charge is 0.483 e. The zero-order valence-corrected chi connectivity index (χ0v) is 14.4. The number of benzene rings is 1. The predicted octanol–water partition coefficient (Wildman–Crippen LogP) is 2.77. The lowest BCUT2D eigenvalue weighted by molar-refractivity contribution is -0.116. The highest BCUT2D eigenvalue weighted by molar-refractivity contribution is 5.89. The molecule has 0 fully saturated rings. The average molecular weight is 349 g/mol. The second kappa shape index (κ2) is 8.11. The van der Waals surface area contributed by atoms with E-state index < -0.39 is 0 Å². The van der Waals surface area contributed by atoms with Crippen molar-refractivity contribution in [2.24, 2.45) is 0 Å². The van der Waals surface area contributed by atoms with E-state index in [2.05, 4.69) is 10.3 Å². The second-order valence-electron chi connectivity index (χ2n) is 5.81. The Morgan fingerprint density at radius 3 is 2.65 bits per heavy atom. The number of carbonyl (C=O) groups excluding carboxylic acids is 1. The first-order valence-corrected chi connectivity index (χ1v) is 8.20. The van der Waals surface area contributed by atoms with Crippen molar-refractivity contribution in [3.63, 3.8) is 0 Å². The van der Waals surface area contributed by atoms with Crippen LogP contribution in [0.15, 0.2) is 71.8 Å². The SMILES string of the molecule is Cc1cc(=O)c(OCc2ccccc2)cn1CC(=O)Nc1ccccn1.